The number of aromatic nitrogens is 2. The minimum absolute atomic E-state index is 0.0434. The van der Waals surface area contributed by atoms with Crippen molar-refractivity contribution in [1.29, 1.82) is 0 Å². The monoisotopic (exact) mass is 309 g/mol. The summed E-state index contributed by atoms with van der Waals surface area (Å²) in [6, 6.07) is 11.8. The number of carbonyl (C=O) groups excluding carboxylic acids is 1. The third kappa shape index (κ3) is 2.43. The Kier molecular flexibility index (Phi) is 3.42. The van der Waals surface area contributed by atoms with Gasteiger partial charge in [-0.05, 0) is 36.4 Å². The van der Waals surface area contributed by atoms with Crippen LogP contribution in [0.15, 0.2) is 48.8 Å². The molecular weight excluding hydrogens is 290 g/mol. The van der Waals surface area contributed by atoms with Gasteiger partial charge in [0.1, 0.15) is 0 Å². The zero-order valence-electron chi connectivity index (χ0n) is 13.0. The number of aryl methyl sites for hydroxylation is 1. The quantitative estimate of drug-likeness (QED) is 0.791. The maximum absolute atomic E-state index is 13.0. The van der Waals surface area contributed by atoms with Crippen molar-refractivity contribution < 1.29 is 9.53 Å². The zero-order chi connectivity index (χ0) is 15.8. The van der Waals surface area contributed by atoms with Crippen LogP contribution in [-0.4, -0.2) is 40.1 Å². The van der Waals surface area contributed by atoms with Gasteiger partial charge in [-0.15, -0.1) is 0 Å². The van der Waals surface area contributed by atoms with Crippen molar-refractivity contribution in [2.75, 3.05) is 19.8 Å². The van der Waals surface area contributed by atoms with Crippen molar-refractivity contribution in [2.24, 2.45) is 7.05 Å². The van der Waals surface area contributed by atoms with Gasteiger partial charge in [-0.25, -0.2) is 0 Å². The summed E-state index contributed by atoms with van der Waals surface area (Å²) in [5.41, 5.74) is 2.86. The molecule has 0 radical (unpaired) electrons. The standard InChI is InChI=1S/C18H19N3O2/c1-20-8-2-3-16(20)17-12-23-10-9-21(17)18(22)14-4-5-15-13(11-14)6-7-19-15/h2-8,11,17,19H,9-10,12H2,1H3/t17-/m1/s1. The average molecular weight is 309 g/mol. The van der Waals surface area contributed by atoms with Crippen molar-refractivity contribution in [3.63, 3.8) is 0 Å². The van der Waals surface area contributed by atoms with Gasteiger partial charge in [0.05, 0.1) is 19.3 Å². The van der Waals surface area contributed by atoms with Crippen molar-refractivity contribution in [2.45, 2.75) is 6.04 Å². The molecule has 2 aromatic heterocycles. The van der Waals surface area contributed by atoms with Gasteiger partial charge in [0, 0.05) is 48.1 Å². The topological polar surface area (TPSA) is 50.3 Å². The fraction of sp³-hybridized carbons (Fsp3) is 0.278. The Morgan fingerprint density at radius 2 is 2.22 bits per heavy atom. The largest absolute Gasteiger partial charge is 0.377 e. The Balaban J connectivity index is 1.68. The molecule has 118 valence electrons. The van der Waals surface area contributed by atoms with Crippen molar-refractivity contribution in [3.8, 4) is 0 Å². The lowest BCUT2D eigenvalue weighted by atomic mass is 10.1. The number of fused-ring (bicyclic) bond motifs is 1. The summed E-state index contributed by atoms with van der Waals surface area (Å²) in [5, 5.41) is 1.06. The van der Waals surface area contributed by atoms with Gasteiger partial charge in [0.15, 0.2) is 0 Å². The van der Waals surface area contributed by atoms with E-state index in [4.69, 9.17) is 4.74 Å². The Bertz CT molecular complexity index is 849. The molecule has 3 heterocycles. The second-order valence-corrected chi connectivity index (χ2v) is 5.91. The molecule has 1 aliphatic heterocycles. The third-order valence-electron chi connectivity index (χ3n) is 4.51. The Hall–Kier alpha value is -2.53. The van der Waals surface area contributed by atoms with Crippen LogP contribution in [0, 0.1) is 0 Å². The lowest BCUT2D eigenvalue weighted by Gasteiger charge is -2.36. The third-order valence-corrected chi connectivity index (χ3v) is 4.51. The highest BCUT2D eigenvalue weighted by atomic mass is 16.5. The van der Waals surface area contributed by atoms with E-state index in [1.54, 1.807) is 0 Å². The van der Waals surface area contributed by atoms with Gasteiger partial charge < -0.3 is 19.2 Å². The SMILES string of the molecule is Cn1cccc1[C@H]1COCCN1C(=O)c1ccc2[nH]ccc2c1. The van der Waals surface area contributed by atoms with E-state index in [2.05, 4.69) is 15.6 Å². The number of hydrogen-bond acceptors (Lipinski definition) is 2. The first-order valence-electron chi connectivity index (χ1n) is 7.81. The van der Waals surface area contributed by atoms with Crippen LogP contribution < -0.4 is 0 Å². The van der Waals surface area contributed by atoms with Crippen molar-refractivity contribution >= 4 is 16.8 Å². The molecule has 1 amide bonds. The Labute approximate surface area is 134 Å². The van der Waals surface area contributed by atoms with Gasteiger partial charge in [-0.2, -0.15) is 0 Å². The number of rotatable bonds is 2. The van der Waals surface area contributed by atoms with Crippen LogP contribution in [-0.2, 0) is 11.8 Å². The molecule has 3 aromatic rings. The maximum Gasteiger partial charge on any atom is 0.254 e. The highest BCUT2D eigenvalue weighted by Crippen LogP contribution is 2.27. The van der Waals surface area contributed by atoms with E-state index in [0.717, 1.165) is 22.2 Å². The molecule has 1 saturated heterocycles. The number of ether oxygens (including phenoxy) is 1. The number of nitrogens with one attached hydrogen (secondary N) is 1. The lowest BCUT2D eigenvalue weighted by molar-refractivity contribution is -0.00462. The molecule has 1 aliphatic rings. The van der Waals surface area contributed by atoms with E-state index in [9.17, 15) is 4.79 Å². The number of benzene rings is 1. The summed E-state index contributed by atoms with van der Waals surface area (Å²) in [6.45, 7) is 1.73. The molecule has 0 aliphatic carbocycles. The van der Waals surface area contributed by atoms with Crippen LogP contribution in [0.4, 0.5) is 0 Å². The van der Waals surface area contributed by atoms with Crippen LogP contribution >= 0.6 is 0 Å². The van der Waals surface area contributed by atoms with E-state index >= 15 is 0 Å². The number of H-pyrrole nitrogens is 1. The van der Waals surface area contributed by atoms with Crippen molar-refractivity contribution in [3.05, 3.63) is 60.0 Å². The fourth-order valence-corrected chi connectivity index (χ4v) is 3.26. The van der Waals surface area contributed by atoms with Crippen molar-refractivity contribution in [1.82, 2.24) is 14.5 Å². The van der Waals surface area contributed by atoms with Gasteiger partial charge in [-0.3, -0.25) is 4.79 Å². The summed E-state index contributed by atoms with van der Waals surface area (Å²) in [6.07, 6.45) is 3.89. The normalized spacial score (nSPS) is 18.5. The molecule has 5 heteroatoms. The molecule has 0 saturated carbocycles. The second-order valence-electron chi connectivity index (χ2n) is 5.91. The first-order chi connectivity index (χ1) is 11.2. The highest BCUT2D eigenvalue weighted by Gasteiger charge is 2.30. The van der Waals surface area contributed by atoms with Crippen LogP contribution in [0.5, 0.6) is 0 Å². The van der Waals surface area contributed by atoms with E-state index in [0.29, 0.717) is 19.8 Å². The summed E-state index contributed by atoms with van der Waals surface area (Å²) in [5.74, 6) is 0.0580. The molecule has 0 spiro atoms. The predicted octanol–water partition coefficient (Wildman–Crippen LogP) is 2.72. The van der Waals surface area contributed by atoms with E-state index in [1.807, 2.05) is 54.7 Å². The molecule has 1 atom stereocenters. The summed E-state index contributed by atoms with van der Waals surface area (Å²) >= 11 is 0. The minimum atomic E-state index is -0.0434. The summed E-state index contributed by atoms with van der Waals surface area (Å²) in [7, 11) is 2.00. The predicted molar refractivity (Wildman–Crippen MR) is 88.3 cm³/mol. The molecule has 1 fully saturated rings. The first kappa shape index (κ1) is 14.1. The second kappa shape index (κ2) is 5.59. The molecule has 1 N–H and O–H groups in total. The molecule has 1 aromatic carbocycles. The number of amides is 1. The molecule has 5 nitrogen and oxygen atoms in total. The molecule has 4 rings (SSSR count). The Morgan fingerprint density at radius 3 is 3.04 bits per heavy atom. The minimum Gasteiger partial charge on any atom is -0.377 e. The highest BCUT2D eigenvalue weighted by molar-refractivity contribution is 5.98. The Morgan fingerprint density at radius 1 is 1.30 bits per heavy atom. The molecule has 23 heavy (non-hydrogen) atoms. The van der Waals surface area contributed by atoms with Gasteiger partial charge in [0.25, 0.3) is 5.91 Å². The van der Waals surface area contributed by atoms with Crippen LogP contribution in [0.3, 0.4) is 0 Å². The van der Waals surface area contributed by atoms with E-state index < -0.39 is 0 Å². The average Bonchev–Trinajstić information content (AvgIpc) is 3.22. The van der Waals surface area contributed by atoms with Gasteiger partial charge >= 0.3 is 0 Å². The van der Waals surface area contributed by atoms with Crippen LogP contribution in [0.2, 0.25) is 0 Å². The molecular formula is C18H19N3O2. The van der Waals surface area contributed by atoms with E-state index in [-0.39, 0.29) is 11.9 Å². The number of nitrogens with zero attached hydrogens (tertiary/aromatic N) is 2. The van der Waals surface area contributed by atoms with Crippen LogP contribution in [0.1, 0.15) is 22.1 Å². The smallest absolute Gasteiger partial charge is 0.254 e. The lowest BCUT2D eigenvalue weighted by Crippen LogP contribution is -2.44. The number of aromatic amines is 1. The number of hydrogen-bond donors (Lipinski definition) is 1. The van der Waals surface area contributed by atoms with E-state index in [1.165, 1.54) is 0 Å². The van der Waals surface area contributed by atoms with Gasteiger partial charge in [-0.1, -0.05) is 0 Å². The first-order valence-corrected chi connectivity index (χ1v) is 7.81. The summed E-state index contributed by atoms with van der Waals surface area (Å²) in [4.78, 5) is 18.1. The number of morpholine rings is 1. The summed E-state index contributed by atoms with van der Waals surface area (Å²) < 4.78 is 7.67. The number of carbonyl (C=O) groups is 1. The molecule has 0 unspecified atom stereocenters. The zero-order valence-corrected chi connectivity index (χ0v) is 13.0. The van der Waals surface area contributed by atoms with Crippen LogP contribution in [0.25, 0.3) is 10.9 Å². The van der Waals surface area contributed by atoms with Gasteiger partial charge in [0.2, 0.25) is 0 Å². The fourth-order valence-electron chi connectivity index (χ4n) is 3.26. The molecule has 0 bridgehead atoms. The maximum atomic E-state index is 13.0.